The van der Waals surface area contributed by atoms with Crippen molar-refractivity contribution < 1.29 is 24.2 Å². The number of imidazole rings is 1. The van der Waals surface area contributed by atoms with Gasteiger partial charge < -0.3 is 25.6 Å². The molecule has 2 aliphatic heterocycles. The molecule has 1 saturated heterocycles. The van der Waals surface area contributed by atoms with Crippen LogP contribution in [-0.2, 0) is 16.1 Å². The Hall–Kier alpha value is -1.88. The van der Waals surface area contributed by atoms with Gasteiger partial charge >= 0.3 is 0 Å². The molecule has 1 amide bonds. The molecule has 1 fully saturated rings. The van der Waals surface area contributed by atoms with E-state index in [9.17, 15) is 19.8 Å². The maximum absolute atomic E-state index is 12.5. The van der Waals surface area contributed by atoms with Crippen LogP contribution in [0.2, 0.25) is 0 Å². The van der Waals surface area contributed by atoms with E-state index in [0.717, 1.165) is 34.1 Å². The number of carboxylic acid groups (broad SMARTS) is 1. The van der Waals surface area contributed by atoms with Crippen molar-refractivity contribution in [2.45, 2.75) is 50.4 Å². The molecule has 4 rings (SSSR count). The van der Waals surface area contributed by atoms with Crippen LogP contribution in [0.4, 0.5) is 0 Å². The molecule has 30 heavy (non-hydrogen) atoms. The van der Waals surface area contributed by atoms with Gasteiger partial charge in [0.2, 0.25) is 15.8 Å². The van der Waals surface area contributed by atoms with Crippen molar-refractivity contribution in [3.05, 3.63) is 23.1 Å². The molecule has 0 saturated carbocycles. The van der Waals surface area contributed by atoms with Crippen LogP contribution in [0.5, 0.6) is 0 Å². The summed E-state index contributed by atoms with van der Waals surface area (Å²) in [6.07, 6.45) is 7.12. The van der Waals surface area contributed by atoms with Gasteiger partial charge in [-0.1, -0.05) is 30.0 Å². The molecule has 10 heteroatoms. The highest BCUT2D eigenvalue weighted by Crippen LogP contribution is 2.51. The minimum Gasteiger partial charge on any atom is -0.543 e. The number of rotatable bonds is 8. The lowest BCUT2D eigenvalue weighted by Gasteiger charge is -2.47. The van der Waals surface area contributed by atoms with Gasteiger partial charge in [0.15, 0.2) is 0 Å². The van der Waals surface area contributed by atoms with E-state index >= 15 is 0 Å². The fraction of sp³-hybridized carbons (Fsp3) is 0.550. The molecule has 0 bridgehead atoms. The number of thiazole rings is 1. The Morgan fingerprint density at radius 1 is 1.47 bits per heavy atom. The average molecular weight is 451 g/mol. The summed E-state index contributed by atoms with van der Waals surface area (Å²) >= 11 is 3.17. The summed E-state index contributed by atoms with van der Waals surface area (Å²) in [5.41, 5.74) is 6.17. The average Bonchev–Trinajstić information content (AvgIpc) is 3.29. The zero-order valence-corrected chi connectivity index (χ0v) is 18.8. The number of thioether (sulfide) groups is 1. The molecular formula is C20H26N4O4S2. The first kappa shape index (κ1) is 21.4. The highest BCUT2D eigenvalue weighted by molar-refractivity contribution is 7.98. The fourth-order valence-electron chi connectivity index (χ4n) is 4.73. The van der Waals surface area contributed by atoms with Gasteiger partial charge in [0, 0.05) is 11.5 Å². The standard InChI is InChI=1S/C20H26N4O4S2/c1-10-13(16(20(27)28)24-15(10)14(11(2)25)17(24)26)12-8-23-9-22(7-5-4-6-21)18(29-3)19(23)30-12/h8-11,14-15,25H,4-7,21H2,1-3H3/t10-,11+,14+,15+/m0/s1. The van der Waals surface area contributed by atoms with Crippen molar-refractivity contribution in [3.63, 3.8) is 0 Å². The number of nitrogens with zero attached hydrogens (tertiary/aromatic N) is 3. The molecule has 162 valence electrons. The number of aliphatic hydroxyl groups excluding tert-OH is 1. The summed E-state index contributed by atoms with van der Waals surface area (Å²) in [5.74, 6) is -2.48. The predicted molar refractivity (Wildman–Crippen MR) is 112 cm³/mol. The van der Waals surface area contributed by atoms with Crippen LogP contribution < -0.4 is 15.2 Å². The summed E-state index contributed by atoms with van der Waals surface area (Å²) in [5, 5.41) is 23.1. The molecule has 4 heterocycles. The zero-order chi connectivity index (χ0) is 21.7. The molecule has 0 aromatic carbocycles. The Kier molecular flexibility index (Phi) is 5.69. The van der Waals surface area contributed by atoms with Gasteiger partial charge in [-0.05, 0) is 32.6 Å². The first-order valence-corrected chi connectivity index (χ1v) is 12.1. The number of aliphatic hydroxyl groups is 1. The fourth-order valence-corrected chi connectivity index (χ4v) is 6.94. The quantitative estimate of drug-likeness (QED) is 0.254. The second-order valence-electron chi connectivity index (χ2n) is 7.93. The van der Waals surface area contributed by atoms with E-state index in [-0.39, 0.29) is 23.6 Å². The highest BCUT2D eigenvalue weighted by Gasteiger charge is 2.59. The van der Waals surface area contributed by atoms with Gasteiger partial charge in [0.25, 0.3) is 6.33 Å². The lowest BCUT2D eigenvalue weighted by atomic mass is 9.77. The van der Waals surface area contributed by atoms with Crippen LogP contribution in [0.3, 0.4) is 0 Å². The second-order valence-corrected chi connectivity index (χ2v) is 9.75. The Balaban J connectivity index is 1.75. The molecule has 0 spiro atoms. The summed E-state index contributed by atoms with van der Waals surface area (Å²) < 4.78 is 4.21. The van der Waals surface area contributed by atoms with Crippen molar-refractivity contribution >= 4 is 45.4 Å². The minimum absolute atomic E-state index is 0.0552. The number of fused-ring (bicyclic) bond motifs is 2. The summed E-state index contributed by atoms with van der Waals surface area (Å²) in [7, 11) is 0. The number of nitrogens with two attached hydrogens (primary N) is 1. The molecule has 0 aliphatic carbocycles. The van der Waals surface area contributed by atoms with E-state index in [0.29, 0.717) is 12.1 Å². The molecule has 0 radical (unpaired) electrons. The number of unbranched alkanes of at least 4 members (excludes halogenated alkanes) is 1. The number of aromatic nitrogens is 2. The molecule has 2 aliphatic rings. The van der Waals surface area contributed by atoms with E-state index in [4.69, 9.17) is 5.73 Å². The number of amides is 1. The first-order chi connectivity index (χ1) is 14.3. The van der Waals surface area contributed by atoms with Crippen LogP contribution in [0.1, 0.15) is 31.6 Å². The van der Waals surface area contributed by atoms with E-state index in [1.807, 2.05) is 30.1 Å². The van der Waals surface area contributed by atoms with Gasteiger partial charge in [-0.25, -0.2) is 4.57 Å². The number of hydrogen-bond acceptors (Lipinski definition) is 7. The molecule has 4 atom stereocenters. The summed E-state index contributed by atoms with van der Waals surface area (Å²) in [6.45, 7) is 5.04. The molecule has 3 N–H and O–H groups in total. The Morgan fingerprint density at radius 3 is 2.80 bits per heavy atom. The molecule has 2 aromatic rings. The van der Waals surface area contributed by atoms with Gasteiger partial charge in [0.1, 0.15) is 6.20 Å². The van der Waals surface area contributed by atoms with Crippen molar-refractivity contribution in [2.24, 2.45) is 17.6 Å². The number of carbonyl (C=O) groups is 2. The zero-order valence-electron chi connectivity index (χ0n) is 17.2. The molecular weight excluding hydrogens is 424 g/mol. The molecule has 2 aromatic heterocycles. The van der Waals surface area contributed by atoms with E-state index < -0.39 is 18.0 Å². The monoisotopic (exact) mass is 450 g/mol. The Bertz CT molecular complexity index is 1040. The number of aliphatic carboxylic acids is 1. The van der Waals surface area contributed by atoms with Crippen molar-refractivity contribution in [1.29, 1.82) is 0 Å². The van der Waals surface area contributed by atoms with Crippen molar-refractivity contribution in [3.8, 4) is 0 Å². The first-order valence-electron chi connectivity index (χ1n) is 10.1. The third-order valence-corrected chi connectivity index (χ3v) is 8.17. The van der Waals surface area contributed by atoms with Crippen LogP contribution in [0, 0.1) is 11.8 Å². The predicted octanol–water partition coefficient (Wildman–Crippen LogP) is 0.0676. The number of aryl methyl sites for hydroxylation is 1. The maximum Gasteiger partial charge on any atom is 0.250 e. The number of β-lactam (4-membered cyclic amide) rings is 1. The van der Waals surface area contributed by atoms with Crippen molar-refractivity contribution in [1.82, 2.24) is 9.47 Å². The lowest BCUT2D eigenvalue weighted by Crippen LogP contribution is -2.64. The van der Waals surface area contributed by atoms with Gasteiger partial charge in [-0.15, -0.1) is 0 Å². The topological polar surface area (TPSA) is 116 Å². The van der Waals surface area contributed by atoms with Crippen molar-refractivity contribution in [2.75, 3.05) is 12.8 Å². The van der Waals surface area contributed by atoms with Gasteiger partial charge in [0.05, 0.1) is 41.2 Å². The third kappa shape index (κ3) is 3.08. The molecule has 0 unspecified atom stereocenters. The van der Waals surface area contributed by atoms with E-state index in [1.54, 1.807) is 18.7 Å². The largest absolute Gasteiger partial charge is 0.543 e. The van der Waals surface area contributed by atoms with E-state index in [2.05, 4.69) is 4.57 Å². The van der Waals surface area contributed by atoms with Crippen LogP contribution in [0.25, 0.3) is 10.4 Å². The van der Waals surface area contributed by atoms with Gasteiger partial charge in [-0.3, -0.25) is 4.79 Å². The normalized spacial score (nSPS) is 24.5. The van der Waals surface area contributed by atoms with Crippen LogP contribution >= 0.6 is 23.1 Å². The molecule has 8 nitrogen and oxygen atoms in total. The number of hydrogen-bond donors (Lipinski definition) is 2. The number of carboxylic acids is 1. The lowest BCUT2D eigenvalue weighted by molar-refractivity contribution is -0.508. The summed E-state index contributed by atoms with van der Waals surface area (Å²) in [6, 6.07) is -0.344. The van der Waals surface area contributed by atoms with Crippen LogP contribution in [-0.4, -0.2) is 51.4 Å². The second kappa shape index (κ2) is 7.99. The minimum atomic E-state index is -1.35. The summed E-state index contributed by atoms with van der Waals surface area (Å²) in [4.78, 5) is 27.7. The SMILES string of the molecule is CSc1c2sc(C3=C(C(=O)[O-])N4C(=O)[C@H]([C@@H](C)O)[C@H]4[C@H]3C)c[n+]2cn1CCCCN. The number of carbonyl (C=O) groups excluding carboxylic acids is 2. The smallest absolute Gasteiger partial charge is 0.250 e. The van der Waals surface area contributed by atoms with Crippen LogP contribution in [0.15, 0.2) is 23.2 Å². The Morgan fingerprint density at radius 2 is 2.20 bits per heavy atom. The van der Waals surface area contributed by atoms with E-state index in [1.165, 1.54) is 16.2 Å². The Labute approximate surface area is 183 Å². The highest BCUT2D eigenvalue weighted by atomic mass is 32.2. The maximum atomic E-state index is 12.5. The van der Waals surface area contributed by atoms with Gasteiger partial charge in [-0.2, -0.15) is 4.40 Å². The third-order valence-electron chi connectivity index (χ3n) is 6.08.